The summed E-state index contributed by atoms with van der Waals surface area (Å²) in [7, 11) is 1.60. The van der Waals surface area contributed by atoms with Crippen LogP contribution in [0.2, 0.25) is 0 Å². The van der Waals surface area contributed by atoms with Crippen molar-refractivity contribution >= 4 is 17.7 Å². The molecule has 1 N–H and O–H groups in total. The number of aryl methyl sites for hydroxylation is 1. The minimum absolute atomic E-state index is 0.0604. The smallest absolute Gasteiger partial charge is 0.246 e. The zero-order chi connectivity index (χ0) is 19.1. The van der Waals surface area contributed by atoms with Crippen molar-refractivity contribution in [1.29, 1.82) is 0 Å². The van der Waals surface area contributed by atoms with Gasteiger partial charge in [0.05, 0.1) is 19.4 Å². The molecule has 0 saturated heterocycles. The van der Waals surface area contributed by atoms with Crippen molar-refractivity contribution in [2.24, 2.45) is 0 Å². The van der Waals surface area contributed by atoms with Gasteiger partial charge in [-0.3, -0.25) is 4.79 Å². The van der Waals surface area contributed by atoms with Gasteiger partial charge in [0.15, 0.2) is 0 Å². The number of aromatic nitrogens is 2. The fourth-order valence-corrected chi connectivity index (χ4v) is 3.39. The minimum atomic E-state index is -0.0604. The Kier molecular flexibility index (Phi) is 6.49. The normalized spacial score (nSPS) is 10.6. The number of rotatable bonds is 8. The molecule has 0 atom stereocenters. The number of amides is 1. The summed E-state index contributed by atoms with van der Waals surface area (Å²) in [6.45, 7) is 2.28. The van der Waals surface area contributed by atoms with Crippen molar-refractivity contribution < 1.29 is 14.1 Å². The van der Waals surface area contributed by atoms with Gasteiger partial charge >= 0.3 is 0 Å². The maximum absolute atomic E-state index is 12.0. The molecule has 0 spiro atoms. The first-order chi connectivity index (χ1) is 13.2. The van der Waals surface area contributed by atoms with Gasteiger partial charge in [0.2, 0.25) is 17.6 Å². The molecule has 2 aromatic carbocycles. The van der Waals surface area contributed by atoms with Crippen LogP contribution in [-0.4, -0.2) is 28.9 Å². The van der Waals surface area contributed by atoms with Crippen molar-refractivity contribution in [2.45, 2.75) is 19.2 Å². The maximum atomic E-state index is 12.0. The molecule has 0 unspecified atom stereocenters. The predicted octanol–water partition coefficient (Wildman–Crippen LogP) is 3.60. The summed E-state index contributed by atoms with van der Waals surface area (Å²) in [5, 5.41) is 6.76. The fraction of sp³-hybridized carbons (Fsp3) is 0.250. The molecule has 140 valence electrons. The van der Waals surface area contributed by atoms with Crippen LogP contribution >= 0.6 is 11.8 Å². The molecule has 1 amide bonds. The fourth-order valence-electron chi connectivity index (χ4n) is 2.46. The first-order valence-electron chi connectivity index (χ1n) is 8.51. The average Bonchev–Trinajstić information content (AvgIpc) is 3.17. The Bertz CT molecular complexity index is 911. The molecular weight excluding hydrogens is 362 g/mol. The molecule has 0 saturated carbocycles. The second-order valence-corrected chi connectivity index (χ2v) is 6.93. The van der Waals surface area contributed by atoms with Crippen LogP contribution in [0.15, 0.2) is 53.1 Å². The van der Waals surface area contributed by atoms with E-state index in [1.807, 2.05) is 36.4 Å². The molecule has 0 fully saturated rings. The van der Waals surface area contributed by atoms with Gasteiger partial charge in [-0.2, -0.15) is 4.98 Å². The van der Waals surface area contributed by atoms with Gasteiger partial charge in [0.1, 0.15) is 5.75 Å². The highest BCUT2D eigenvalue weighted by Gasteiger charge is 2.11. The summed E-state index contributed by atoms with van der Waals surface area (Å²) >= 11 is 1.58. The van der Waals surface area contributed by atoms with Crippen LogP contribution in [-0.2, 0) is 17.1 Å². The third kappa shape index (κ3) is 5.34. The molecule has 0 aliphatic rings. The molecule has 6 nitrogen and oxygen atoms in total. The molecule has 27 heavy (non-hydrogen) atoms. The van der Waals surface area contributed by atoms with Crippen LogP contribution in [0.25, 0.3) is 11.4 Å². The van der Waals surface area contributed by atoms with Crippen LogP contribution < -0.4 is 10.1 Å². The molecule has 1 heterocycles. The van der Waals surface area contributed by atoms with Crippen molar-refractivity contribution in [2.75, 3.05) is 12.9 Å². The molecule has 0 aliphatic carbocycles. The zero-order valence-corrected chi connectivity index (χ0v) is 16.1. The number of nitrogens with zero attached hydrogens (tertiary/aromatic N) is 2. The lowest BCUT2D eigenvalue weighted by atomic mass is 10.1. The number of ether oxygens (including phenoxy) is 1. The standard InChI is InChI=1S/C20H21N3O3S/c1-14-6-3-4-7-16(14)12-27-13-18(24)21-11-19-22-20(23-26-19)15-8-5-9-17(10-15)25-2/h3-10H,11-13H2,1-2H3,(H,21,24). The molecule has 7 heteroatoms. The van der Waals surface area contributed by atoms with Crippen molar-refractivity contribution in [1.82, 2.24) is 15.5 Å². The SMILES string of the molecule is COc1cccc(-c2noc(CNC(=O)CSCc3ccccc3C)n2)c1. The Balaban J connectivity index is 1.46. The molecule has 3 rings (SSSR count). The Labute approximate surface area is 162 Å². The van der Waals surface area contributed by atoms with Gasteiger partial charge < -0.3 is 14.6 Å². The van der Waals surface area contributed by atoms with E-state index < -0.39 is 0 Å². The third-order valence-corrected chi connectivity index (χ3v) is 4.97. The summed E-state index contributed by atoms with van der Waals surface area (Å²) in [4.78, 5) is 16.3. The third-order valence-electron chi connectivity index (χ3n) is 3.98. The quantitative estimate of drug-likeness (QED) is 0.640. The summed E-state index contributed by atoms with van der Waals surface area (Å²) in [5.41, 5.74) is 3.28. The number of benzene rings is 2. The van der Waals surface area contributed by atoms with Crippen molar-refractivity contribution in [3.63, 3.8) is 0 Å². The lowest BCUT2D eigenvalue weighted by Gasteiger charge is -2.05. The number of thioether (sulfide) groups is 1. The Hall–Kier alpha value is -2.80. The summed E-state index contributed by atoms with van der Waals surface area (Å²) in [6.07, 6.45) is 0. The van der Waals surface area contributed by atoms with E-state index in [9.17, 15) is 4.79 Å². The van der Waals surface area contributed by atoms with Gasteiger partial charge in [-0.25, -0.2) is 0 Å². The second kappa shape index (κ2) is 9.23. The molecule has 1 aromatic heterocycles. The molecule has 0 bridgehead atoms. The number of nitrogens with one attached hydrogen (secondary N) is 1. The number of carbonyl (C=O) groups excluding carboxylic acids is 1. The first kappa shape index (κ1) is 19.0. The van der Waals surface area contributed by atoms with Crippen LogP contribution in [0.3, 0.4) is 0 Å². The van der Waals surface area contributed by atoms with E-state index in [0.29, 0.717) is 17.5 Å². The van der Waals surface area contributed by atoms with Crippen LogP contribution in [0, 0.1) is 6.92 Å². The zero-order valence-electron chi connectivity index (χ0n) is 15.3. The largest absolute Gasteiger partial charge is 0.497 e. The van der Waals surface area contributed by atoms with Gasteiger partial charge in [-0.15, -0.1) is 11.8 Å². The van der Waals surface area contributed by atoms with Crippen LogP contribution in [0.1, 0.15) is 17.0 Å². The average molecular weight is 383 g/mol. The number of carbonyl (C=O) groups is 1. The molecule has 3 aromatic rings. The minimum Gasteiger partial charge on any atom is -0.497 e. The Morgan fingerprint density at radius 1 is 1.22 bits per heavy atom. The Morgan fingerprint density at radius 2 is 2.07 bits per heavy atom. The van der Waals surface area contributed by atoms with Crippen molar-refractivity contribution in [3.05, 3.63) is 65.5 Å². The molecule has 0 radical (unpaired) electrons. The van der Waals surface area contributed by atoms with E-state index in [2.05, 4.69) is 34.5 Å². The van der Waals surface area contributed by atoms with E-state index >= 15 is 0 Å². The predicted molar refractivity (Wildman–Crippen MR) is 105 cm³/mol. The van der Waals surface area contributed by atoms with Gasteiger partial charge in [0, 0.05) is 11.3 Å². The molecule has 0 aliphatic heterocycles. The number of methoxy groups -OCH3 is 1. The summed E-state index contributed by atoms with van der Waals surface area (Å²) in [5.74, 6) is 2.68. The highest BCUT2D eigenvalue weighted by atomic mass is 32.2. The number of hydrogen-bond donors (Lipinski definition) is 1. The highest BCUT2D eigenvalue weighted by molar-refractivity contribution is 7.99. The Morgan fingerprint density at radius 3 is 2.89 bits per heavy atom. The summed E-state index contributed by atoms with van der Waals surface area (Å²) in [6, 6.07) is 15.6. The topological polar surface area (TPSA) is 77.3 Å². The van der Waals surface area contributed by atoms with E-state index in [1.54, 1.807) is 18.9 Å². The molecular formula is C20H21N3O3S. The maximum Gasteiger partial charge on any atom is 0.246 e. The van der Waals surface area contributed by atoms with E-state index in [1.165, 1.54) is 11.1 Å². The van der Waals surface area contributed by atoms with E-state index in [0.717, 1.165) is 17.1 Å². The lowest BCUT2D eigenvalue weighted by molar-refractivity contribution is -0.118. The van der Waals surface area contributed by atoms with Gasteiger partial charge in [0.25, 0.3) is 0 Å². The first-order valence-corrected chi connectivity index (χ1v) is 9.67. The van der Waals surface area contributed by atoms with E-state index in [-0.39, 0.29) is 12.5 Å². The van der Waals surface area contributed by atoms with E-state index in [4.69, 9.17) is 9.26 Å². The highest BCUT2D eigenvalue weighted by Crippen LogP contribution is 2.21. The lowest BCUT2D eigenvalue weighted by Crippen LogP contribution is -2.24. The van der Waals surface area contributed by atoms with Crippen molar-refractivity contribution in [3.8, 4) is 17.1 Å². The summed E-state index contributed by atoms with van der Waals surface area (Å²) < 4.78 is 10.4. The number of hydrogen-bond acceptors (Lipinski definition) is 6. The van der Waals surface area contributed by atoms with Crippen LogP contribution in [0.5, 0.6) is 5.75 Å². The monoisotopic (exact) mass is 383 g/mol. The van der Waals surface area contributed by atoms with Gasteiger partial charge in [-0.05, 0) is 30.2 Å². The van der Waals surface area contributed by atoms with Gasteiger partial charge in [-0.1, -0.05) is 41.6 Å². The van der Waals surface area contributed by atoms with Crippen LogP contribution in [0.4, 0.5) is 0 Å². The second-order valence-electron chi connectivity index (χ2n) is 5.94.